The molecule has 0 aliphatic heterocycles. The van der Waals surface area contributed by atoms with Crippen LogP contribution in [0.25, 0.3) is 10.9 Å². The molecule has 2 N–H and O–H groups in total. The topological polar surface area (TPSA) is 99.9 Å². The highest BCUT2D eigenvalue weighted by Crippen LogP contribution is 2.32. The van der Waals surface area contributed by atoms with Crippen LogP contribution in [-0.4, -0.2) is 48.3 Å². The van der Waals surface area contributed by atoms with E-state index in [1.54, 1.807) is 0 Å². The molecule has 1 fully saturated rings. The Bertz CT molecular complexity index is 1150. The van der Waals surface area contributed by atoms with E-state index in [0.29, 0.717) is 25.6 Å². The van der Waals surface area contributed by atoms with Crippen LogP contribution >= 0.6 is 0 Å². The average Bonchev–Trinajstić information content (AvgIpc) is 3.34. The third-order valence-electron chi connectivity index (χ3n) is 7.34. The molecule has 0 saturated heterocycles. The van der Waals surface area contributed by atoms with Crippen LogP contribution in [0.1, 0.15) is 92.9 Å². The molecule has 1 aliphatic rings. The van der Waals surface area contributed by atoms with Gasteiger partial charge in [0.2, 0.25) is 0 Å². The Morgan fingerprint density at radius 1 is 1.24 bits per heavy atom. The van der Waals surface area contributed by atoms with Gasteiger partial charge >= 0.3 is 0 Å². The summed E-state index contributed by atoms with van der Waals surface area (Å²) < 4.78 is 2.04. The number of aromatic amines is 1. The number of hydrogen-bond donors (Lipinski definition) is 2. The molecule has 0 amide bonds. The first kappa shape index (κ1) is 24.5. The lowest BCUT2D eigenvalue weighted by Crippen LogP contribution is -2.34. The number of fused-ring (bicyclic) bond motifs is 1. The van der Waals surface area contributed by atoms with E-state index in [2.05, 4.69) is 51.4 Å². The number of aromatic nitrogens is 5. The molecule has 2 aromatic heterocycles. The molecule has 1 unspecified atom stereocenters. The van der Waals surface area contributed by atoms with Gasteiger partial charge in [0, 0.05) is 25.3 Å². The number of nitrogens with zero attached hydrogens (tertiary/aromatic N) is 5. The SMILES string of the molecule is CCCC(c1nnnn1C1CCCCC1)N(CCCO)Cc1cc2ccc(C)c(C)c2[nH]c1=O. The molecular formula is C26H38N6O2. The van der Waals surface area contributed by atoms with E-state index in [0.717, 1.165) is 59.1 Å². The van der Waals surface area contributed by atoms with Crippen LogP contribution in [0.4, 0.5) is 0 Å². The highest BCUT2D eigenvalue weighted by Gasteiger charge is 2.29. The Hall–Kier alpha value is -2.58. The molecule has 2 heterocycles. The molecule has 1 atom stereocenters. The smallest absolute Gasteiger partial charge is 0.252 e. The summed E-state index contributed by atoms with van der Waals surface area (Å²) in [6.45, 7) is 7.53. The first-order valence-corrected chi connectivity index (χ1v) is 12.8. The zero-order chi connectivity index (χ0) is 24.1. The fourth-order valence-electron chi connectivity index (χ4n) is 5.28. The molecule has 0 radical (unpaired) electrons. The molecule has 34 heavy (non-hydrogen) atoms. The van der Waals surface area contributed by atoms with E-state index in [1.165, 1.54) is 19.3 Å². The lowest BCUT2D eigenvalue weighted by atomic mass is 9.95. The maximum Gasteiger partial charge on any atom is 0.252 e. The molecule has 3 aromatic rings. The quantitative estimate of drug-likeness (QED) is 0.460. The van der Waals surface area contributed by atoms with Crippen LogP contribution in [0.2, 0.25) is 0 Å². The predicted octanol–water partition coefficient (Wildman–Crippen LogP) is 4.36. The Morgan fingerprint density at radius 3 is 2.76 bits per heavy atom. The predicted molar refractivity (Wildman–Crippen MR) is 134 cm³/mol. The van der Waals surface area contributed by atoms with Crippen LogP contribution in [0, 0.1) is 13.8 Å². The number of aliphatic hydroxyl groups excluding tert-OH is 1. The van der Waals surface area contributed by atoms with Gasteiger partial charge < -0.3 is 10.1 Å². The molecule has 8 heteroatoms. The highest BCUT2D eigenvalue weighted by molar-refractivity contribution is 5.83. The van der Waals surface area contributed by atoms with Crippen molar-refractivity contribution < 1.29 is 5.11 Å². The van der Waals surface area contributed by atoms with Crippen LogP contribution in [-0.2, 0) is 6.54 Å². The maximum atomic E-state index is 13.1. The van der Waals surface area contributed by atoms with Crippen LogP contribution < -0.4 is 5.56 Å². The van der Waals surface area contributed by atoms with Gasteiger partial charge in [0.1, 0.15) is 0 Å². The van der Waals surface area contributed by atoms with Crippen molar-refractivity contribution in [1.29, 1.82) is 0 Å². The summed E-state index contributed by atoms with van der Waals surface area (Å²) >= 11 is 0. The molecule has 1 aliphatic carbocycles. The number of H-pyrrole nitrogens is 1. The summed E-state index contributed by atoms with van der Waals surface area (Å²) in [6.07, 6.45) is 8.41. The lowest BCUT2D eigenvalue weighted by Gasteiger charge is -2.32. The summed E-state index contributed by atoms with van der Waals surface area (Å²) in [5, 5.41) is 23.6. The summed E-state index contributed by atoms with van der Waals surface area (Å²) in [5.74, 6) is 0.885. The molecule has 4 rings (SSSR count). The minimum atomic E-state index is -0.0580. The second-order valence-electron chi connectivity index (χ2n) is 9.72. The zero-order valence-electron chi connectivity index (χ0n) is 20.8. The van der Waals surface area contributed by atoms with Crippen molar-refractivity contribution in [3.05, 3.63) is 51.1 Å². The molecule has 1 aromatic carbocycles. The lowest BCUT2D eigenvalue weighted by molar-refractivity contribution is 0.143. The molecule has 0 bridgehead atoms. The minimum absolute atomic E-state index is 0.0108. The van der Waals surface area contributed by atoms with Gasteiger partial charge in [0.05, 0.1) is 17.6 Å². The number of aryl methyl sites for hydroxylation is 2. The van der Waals surface area contributed by atoms with Crippen molar-refractivity contribution >= 4 is 10.9 Å². The molecule has 1 saturated carbocycles. The highest BCUT2D eigenvalue weighted by atomic mass is 16.3. The van der Waals surface area contributed by atoms with E-state index in [1.807, 2.05) is 17.7 Å². The van der Waals surface area contributed by atoms with Gasteiger partial charge in [-0.3, -0.25) is 9.69 Å². The first-order valence-electron chi connectivity index (χ1n) is 12.8. The number of tetrazole rings is 1. The van der Waals surface area contributed by atoms with Gasteiger partial charge in [-0.1, -0.05) is 44.7 Å². The van der Waals surface area contributed by atoms with Crippen molar-refractivity contribution in [3.8, 4) is 0 Å². The largest absolute Gasteiger partial charge is 0.396 e. The zero-order valence-corrected chi connectivity index (χ0v) is 20.8. The first-order chi connectivity index (χ1) is 16.5. The van der Waals surface area contributed by atoms with E-state index in [-0.39, 0.29) is 18.2 Å². The Labute approximate surface area is 201 Å². The van der Waals surface area contributed by atoms with Crippen LogP contribution in [0.5, 0.6) is 0 Å². The summed E-state index contributed by atoms with van der Waals surface area (Å²) in [5.41, 5.74) is 3.85. The summed E-state index contributed by atoms with van der Waals surface area (Å²) in [6, 6.07) is 6.51. The van der Waals surface area contributed by atoms with Gasteiger partial charge in [-0.25, -0.2) is 4.68 Å². The number of nitrogens with one attached hydrogen (secondary N) is 1. The number of aliphatic hydroxyl groups is 1. The van der Waals surface area contributed by atoms with Crippen molar-refractivity contribution in [1.82, 2.24) is 30.1 Å². The van der Waals surface area contributed by atoms with E-state index in [9.17, 15) is 9.90 Å². The van der Waals surface area contributed by atoms with Crippen molar-refractivity contribution in [2.75, 3.05) is 13.2 Å². The third-order valence-corrected chi connectivity index (χ3v) is 7.34. The van der Waals surface area contributed by atoms with Gasteiger partial charge in [-0.2, -0.15) is 0 Å². The normalized spacial score (nSPS) is 15.9. The maximum absolute atomic E-state index is 13.1. The van der Waals surface area contributed by atoms with E-state index in [4.69, 9.17) is 0 Å². The summed E-state index contributed by atoms with van der Waals surface area (Å²) in [7, 11) is 0. The Kier molecular flexibility index (Phi) is 8.11. The average molecular weight is 467 g/mol. The van der Waals surface area contributed by atoms with Crippen LogP contribution in [0.15, 0.2) is 23.0 Å². The number of hydrogen-bond acceptors (Lipinski definition) is 6. The van der Waals surface area contributed by atoms with Gasteiger partial charge in [0.15, 0.2) is 5.82 Å². The summed E-state index contributed by atoms with van der Waals surface area (Å²) in [4.78, 5) is 18.5. The monoisotopic (exact) mass is 466 g/mol. The van der Waals surface area contributed by atoms with E-state index < -0.39 is 0 Å². The standard InChI is InChI=1S/C26H38N6O2/c1-4-9-23(25-28-29-30-32(25)22-10-6-5-7-11-22)31(14-8-15-33)17-21-16-20-13-12-18(2)19(3)24(20)27-26(21)34/h12-13,16,22-23,33H,4-11,14-15,17H2,1-3H3,(H,27,34). The second kappa shape index (κ2) is 11.2. The fourth-order valence-corrected chi connectivity index (χ4v) is 5.28. The minimum Gasteiger partial charge on any atom is -0.396 e. The van der Waals surface area contributed by atoms with Crippen LogP contribution in [0.3, 0.4) is 0 Å². The van der Waals surface area contributed by atoms with Crippen molar-refractivity contribution in [2.45, 2.75) is 90.8 Å². The third kappa shape index (κ3) is 5.23. The fraction of sp³-hybridized carbons (Fsp3) is 0.615. The molecule has 0 spiro atoms. The molecule has 184 valence electrons. The number of rotatable bonds is 10. The van der Waals surface area contributed by atoms with E-state index >= 15 is 0 Å². The molecule has 8 nitrogen and oxygen atoms in total. The Morgan fingerprint density at radius 2 is 2.03 bits per heavy atom. The van der Waals surface area contributed by atoms with Gasteiger partial charge in [-0.05, 0) is 72.5 Å². The van der Waals surface area contributed by atoms with Gasteiger partial charge in [-0.15, -0.1) is 5.10 Å². The Balaban J connectivity index is 1.69. The van der Waals surface area contributed by atoms with Gasteiger partial charge in [0.25, 0.3) is 5.56 Å². The number of pyridine rings is 1. The number of benzene rings is 1. The van der Waals surface area contributed by atoms with Crippen molar-refractivity contribution in [2.24, 2.45) is 0 Å². The second-order valence-corrected chi connectivity index (χ2v) is 9.72. The van der Waals surface area contributed by atoms with Crippen molar-refractivity contribution in [3.63, 3.8) is 0 Å². The molecular weight excluding hydrogens is 428 g/mol.